The van der Waals surface area contributed by atoms with E-state index in [1.165, 1.54) is 21.4 Å². The molecule has 0 fully saturated rings. The van der Waals surface area contributed by atoms with Crippen LogP contribution in [0.4, 0.5) is 0 Å². The van der Waals surface area contributed by atoms with Gasteiger partial charge in [0.05, 0.1) is 11.1 Å². The molecule has 1 aliphatic rings. The Labute approximate surface area is 158 Å². The molecular formula is C19H18N4OS2. The van der Waals surface area contributed by atoms with Crippen molar-refractivity contribution in [2.45, 2.75) is 37.8 Å². The standard InChI is InChI=1S/C19H18N4OS2/c1-2-25-19-21-23-17(24)15-13-10-6-7-11-14(13)26-16(15)20-18(23)22(19)12-8-4-3-5-9-12/h3-5,8-9H,2,6-7,10-11H2,1H3. The number of benzene rings is 1. The van der Waals surface area contributed by atoms with Crippen LogP contribution in [0.1, 0.15) is 30.2 Å². The summed E-state index contributed by atoms with van der Waals surface area (Å²) in [6.45, 7) is 2.09. The van der Waals surface area contributed by atoms with Crippen LogP contribution in [0.5, 0.6) is 0 Å². The second kappa shape index (κ2) is 6.25. The van der Waals surface area contributed by atoms with Crippen molar-refractivity contribution in [3.63, 3.8) is 0 Å². The molecule has 1 aromatic carbocycles. The van der Waals surface area contributed by atoms with Gasteiger partial charge in [0, 0.05) is 4.88 Å². The summed E-state index contributed by atoms with van der Waals surface area (Å²) in [7, 11) is 0. The third kappa shape index (κ3) is 2.34. The molecule has 0 aliphatic heterocycles. The van der Waals surface area contributed by atoms with E-state index in [9.17, 15) is 4.79 Å². The van der Waals surface area contributed by atoms with Gasteiger partial charge in [0.15, 0.2) is 5.16 Å². The Morgan fingerprint density at radius 2 is 2.00 bits per heavy atom. The van der Waals surface area contributed by atoms with E-state index >= 15 is 0 Å². The largest absolute Gasteiger partial charge is 0.284 e. The Balaban J connectivity index is 1.87. The average molecular weight is 383 g/mol. The molecule has 1 aliphatic carbocycles. The molecule has 0 saturated carbocycles. The molecule has 26 heavy (non-hydrogen) atoms. The predicted octanol–water partition coefficient (Wildman–Crippen LogP) is 4.09. The summed E-state index contributed by atoms with van der Waals surface area (Å²) in [5.74, 6) is 1.48. The van der Waals surface area contributed by atoms with Gasteiger partial charge in [0.2, 0.25) is 5.78 Å². The first-order valence-corrected chi connectivity index (χ1v) is 10.7. The molecule has 132 valence electrons. The number of hydrogen-bond acceptors (Lipinski definition) is 5. The third-order valence-corrected chi connectivity index (χ3v) is 6.81. The van der Waals surface area contributed by atoms with Crippen LogP contribution >= 0.6 is 23.1 Å². The Hall–Kier alpha value is -2.12. The quantitative estimate of drug-likeness (QED) is 0.501. The van der Waals surface area contributed by atoms with Crippen LogP contribution in [0.3, 0.4) is 0 Å². The molecule has 0 amide bonds. The van der Waals surface area contributed by atoms with Gasteiger partial charge in [-0.05, 0) is 49.1 Å². The summed E-state index contributed by atoms with van der Waals surface area (Å²) in [5.41, 5.74) is 2.16. The molecule has 0 radical (unpaired) electrons. The monoisotopic (exact) mass is 382 g/mol. The Kier molecular flexibility index (Phi) is 3.86. The maximum absolute atomic E-state index is 13.3. The number of rotatable bonds is 3. The van der Waals surface area contributed by atoms with E-state index in [4.69, 9.17) is 4.98 Å². The fourth-order valence-corrected chi connectivity index (χ4v) is 5.62. The van der Waals surface area contributed by atoms with Crippen molar-refractivity contribution in [3.05, 3.63) is 51.1 Å². The molecular weight excluding hydrogens is 364 g/mol. The Bertz CT molecular complexity index is 1170. The number of aromatic nitrogens is 4. The molecule has 7 heteroatoms. The highest BCUT2D eigenvalue weighted by atomic mass is 32.2. The summed E-state index contributed by atoms with van der Waals surface area (Å²) < 4.78 is 3.49. The van der Waals surface area contributed by atoms with Gasteiger partial charge in [-0.15, -0.1) is 16.4 Å². The van der Waals surface area contributed by atoms with Crippen LogP contribution in [0.2, 0.25) is 0 Å². The van der Waals surface area contributed by atoms with Crippen molar-refractivity contribution in [3.8, 4) is 5.69 Å². The number of para-hydroxylation sites is 1. The van der Waals surface area contributed by atoms with Gasteiger partial charge in [-0.1, -0.05) is 36.9 Å². The van der Waals surface area contributed by atoms with Crippen LogP contribution in [0, 0.1) is 0 Å². The van der Waals surface area contributed by atoms with Crippen LogP contribution in [-0.2, 0) is 12.8 Å². The minimum atomic E-state index is -0.0305. The van der Waals surface area contributed by atoms with Gasteiger partial charge in [-0.3, -0.25) is 9.36 Å². The second-order valence-corrected chi connectivity index (χ2v) is 8.72. The maximum Gasteiger partial charge on any atom is 0.284 e. The van der Waals surface area contributed by atoms with Gasteiger partial charge in [0.1, 0.15) is 4.83 Å². The summed E-state index contributed by atoms with van der Waals surface area (Å²) in [5, 5.41) is 6.22. The highest BCUT2D eigenvalue weighted by Gasteiger charge is 2.23. The van der Waals surface area contributed by atoms with E-state index < -0.39 is 0 Å². The zero-order valence-electron chi connectivity index (χ0n) is 14.4. The molecule has 0 unspecified atom stereocenters. The number of aryl methyl sites for hydroxylation is 2. The normalized spacial score (nSPS) is 14.2. The van der Waals surface area contributed by atoms with Crippen LogP contribution in [0.25, 0.3) is 21.7 Å². The minimum Gasteiger partial charge on any atom is -0.266 e. The molecule has 4 aromatic rings. The average Bonchev–Trinajstić information content (AvgIpc) is 3.21. The summed E-state index contributed by atoms with van der Waals surface area (Å²) in [4.78, 5) is 20.3. The number of thiophene rings is 1. The highest BCUT2D eigenvalue weighted by Crippen LogP contribution is 2.34. The van der Waals surface area contributed by atoms with Gasteiger partial charge < -0.3 is 0 Å². The lowest BCUT2D eigenvalue weighted by molar-refractivity contribution is 0.699. The molecule has 0 atom stereocenters. The predicted molar refractivity (Wildman–Crippen MR) is 107 cm³/mol. The fraction of sp³-hybridized carbons (Fsp3) is 0.316. The maximum atomic E-state index is 13.3. The van der Waals surface area contributed by atoms with Gasteiger partial charge in [0.25, 0.3) is 5.56 Å². The van der Waals surface area contributed by atoms with Crippen molar-refractivity contribution < 1.29 is 0 Å². The van der Waals surface area contributed by atoms with E-state index in [0.29, 0.717) is 5.78 Å². The summed E-state index contributed by atoms with van der Waals surface area (Å²) in [6, 6.07) is 10.0. The first-order chi connectivity index (χ1) is 12.8. The number of fused-ring (bicyclic) bond motifs is 4. The summed E-state index contributed by atoms with van der Waals surface area (Å²) in [6.07, 6.45) is 4.39. The molecule has 5 rings (SSSR count). The summed E-state index contributed by atoms with van der Waals surface area (Å²) >= 11 is 3.31. The molecule has 0 N–H and O–H groups in total. The lowest BCUT2D eigenvalue weighted by Crippen LogP contribution is -2.17. The van der Waals surface area contributed by atoms with Gasteiger partial charge in [-0.25, -0.2) is 4.98 Å². The van der Waals surface area contributed by atoms with Crippen LogP contribution in [0.15, 0.2) is 40.3 Å². The Morgan fingerprint density at radius 1 is 1.19 bits per heavy atom. The van der Waals surface area contributed by atoms with Gasteiger partial charge in [-0.2, -0.15) is 4.52 Å². The topological polar surface area (TPSA) is 52.2 Å². The van der Waals surface area contributed by atoms with E-state index in [1.54, 1.807) is 23.1 Å². The highest BCUT2D eigenvalue weighted by molar-refractivity contribution is 7.99. The zero-order valence-corrected chi connectivity index (χ0v) is 16.1. The first kappa shape index (κ1) is 16.1. The molecule has 0 bridgehead atoms. The zero-order chi connectivity index (χ0) is 17.7. The SMILES string of the molecule is CCSc1nn2c(=O)c3c4c(sc3nc2n1-c1ccccc1)CCCC4. The molecule has 5 nitrogen and oxygen atoms in total. The number of thioether (sulfide) groups is 1. The number of hydrogen-bond donors (Lipinski definition) is 0. The van der Waals surface area contributed by atoms with Gasteiger partial charge >= 0.3 is 0 Å². The fourth-order valence-electron chi connectivity index (χ4n) is 3.66. The van der Waals surface area contributed by atoms with Crippen molar-refractivity contribution in [1.29, 1.82) is 0 Å². The van der Waals surface area contributed by atoms with Crippen molar-refractivity contribution in [1.82, 2.24) is 19.2 Å². The van der Waals surface area contributed by atoms with E-state index in [2.05, 4.69) is 12.0 Å². The lowest BCUT2D eigenvalue weighted by atomic mass is 9.97. The first-order valence-electron chi connectivity index (χ1n) is 8.92. The van der Waals surface area contributed by atoms with Crippen molar-refractivity contribution >= 4 is 39.1 Å². The van der Waals surface area contributed by atoms with Crippen LogP contribution in [-0.4, -0.2) is 24.9 Å². The molecule has 0 saturated heterocycles. The smallest absolute Gasteiger partial charge is 0.266 e. The molecule has 3 heterocycles. The van der Waals surface area contributed by atoms with E-state index in [1.807, 2.05) is 34.9 Å². The second-order valence-electron chi connectivity index (χ2n) is 6.41. The third-order valence-electron chi connectivity index (χ3n) is 4.81. The van der Waals surface area contributed by atoms with E-state index in [0.717, 1.165) is 46.1 Å². The minimum absolute atomic E-state index is 0.0305. The van der Waals surface area contributed by atoms with Crippen molar-refractivity contribution in [2.75, 3.05) is 5.75 Å². The Morgan fingerprint density at radius 3 is 2.81 bits per heavy atom. The lowest BCUT2D eigenvalue weighted by Gasteiger charge is -2.09. The van der Waals surface area contributed by atoms with E-state index in [-0.39, 0.29) is 5.56 Å². The molecule has 3 aromatic heterocycles. The number of nitrogens with zero attached hydrogens (tertiary/aromatic N) is 4. The van der Waals surface area contributed by atoms with Crippen molar-refractivity contribution in [2.24, 2.45) is 0 Å². The van der Waals surface area contributed by atoms with Crippen LogP contribution < -0.4 is 5.56 Å². The molecule has 0 spiro atoms.